The van der Waals surface area contributed by atoms with Crippen LogP contribution < -0.4 is 5.32 Å². The summed E-state index contributed by atoms with van der Waals surface area (Å²) in [5.74, 6) is 0.646. The van der Waals surface area contributed by atoms with E-state index in [-0.39, 0.29) is 29.3 Å². The van der Waals surface area contributed by atoms with Crippen LogP contribution in [0.1, 0.15) is 53.4 Å². The predicted molar refractivity (Wildman–Crippen MR) is 77.0 cm³/mol. The highest BCUT2D eigenvalue weighted by Gasteiger charge is 2.51. The molecule has 2 aliphatic rings. The molecule has 3 unspecified atom stereocenters. The fraction of sp³-hybridized carbons (Fsp3) is 0.875. The Morgan fingerprint density at radius 1 is 1.30 bits per heavy atom. The average Bonchev–Trinajstić information content (AvgIpc) is 2.34. The van der Waals surface area contributed by atoms with Crippen LogP contribution >= 0.6 is 0 Å². The van der Waals surface area contributed by atoms with Gasteiger partial charge in [-0.2, -0.15) is 0 Å². The topological polar surface area (TPSA) is 55.4 Å². The third-order valence-corrected chi connectivity index (χ3v) is 4.82. The lowest BCUT2D eigenvalue weighted by Crippen LogP contribution is -2.56. The Hall–Kier alpha value is -0.900. The van der Waals surface area contributed by atoms with Crippen molar-refractivity contribution in [2.24, 2.45) is 23.2 Å². The van der Waals surface area contributed by atoms with E-state index < -0.39 is 0 Å². The molecule has 0 radical (unpaired) electrons. The van der Waals surface area contributed by atoms with Crippen molar-refractivity contribution in [3.63, 3.8) is 0 Å². The summed E-state index contributed by atoms with van der Waals surface area (Å²) in [7, 11) is 0. The molecule has 0 aromatic carbocycles. The van der Waals surface area contributed by atoms with E-state index in [1.165, 1.54) is 0 Å². The van der Waals surface area contributed by atoms with Gasteiger partial charge in [0.2, 0.25) is 11.8 Å². The van der Waals surface area contributed by atoms with E-state index in [0.29, 0.717) is 24.9 Å². The Morgan fingerprint density at radius 3 is 2.60 bits per heavy atom. The third kappa shape index (κ3) is 3.05. The van der Waals surface area contributed by atoms with Crippen LogP contribution in [0.4, 0.5) is 0 Å². The van der Waals surface area contributed by atoms with Crippen molar-refractivity contribution >= 4 is 11.8 Å². The van der Waals surface area contributed by atoms with Gasteiger partial charge in [-0.25, -0.2) is 0 Å². The Labute approximate surface area is 121 Å². The summed E-state index contributed by atoms with van der Waals surface area (Å²) in [4.78, 5) is 24.2. The first-order valence-corrected chi connectivity index (χ1v) is 7.79. The van der Waals surface area contributed by atoms with Gasteiger partial charge in [-0.3, -0.25) is 14.9 Å². The highest BCUT2D eigenvalue weighted by Crippen LogP contribution is 2.48. The number of ether oxygens (including phenoxy) is 1. The maximum Gasteiger partial charge on any atom is 0.230 e. The Bertz CT molecular complexity index is 391. The molecule has 1 spiro atoms. The van der Waals surface area contributed by atoms with Gasteiger partial charge in [0, 0.05) is 18.9 Å². The zero-order valence-electron chi connectivity index (χ0n) is 13.1. The standard InChI is InChI=1S/C16H27NO3/c1-10(2)7-12-15(19)17-14(18)9-16(12)5-6-20-13(8-16)11(3)4/h10-13H,5-9H2,1-4H3,(H,17,18,19). The molecule has 0 bridgehead atoms. The lowest BCUT2D eigenvalue weighted by atomic mass is 9.61. The number of piperidine rings is 1. The third-order valence-electron chi connectivity index (χ3n) is 4.82. The molecule has 2 saturated heterocycles. The second-order valence-electron chi connectivity index (χ2n) is 7.24. The Kier molecular flexibility index (Phi) is 4.52. The normalized spacial score (nSPS) is 34.9. The molecular formula is C16H27NO3. The zero-order chi connectivity index (χ0) is 14.9. The van der Waals surface area contributed by atoms with Gasteiger partial charge in [-0.15, -0.1) is 0 Å². The number of carbonyl (C=O) groups excluding carboxylic acids is 2. The van der Waals surface area contributed by atoms with Gasteiger partial charge in [-0.1, -0.05) is 27.7 Å². The van der Waals surface area contributed by atoms with Crippen molar-refractivity contribution in [3.8, 4) is 0 Å². The van der Waals surface area contributed by atoms with Crippen molar-refractivity contribution in [2.75, 3.05) is 6.61 Å². The van der Waals surface area contributed by atoms with E-state index in [1.807, 2.05) is 0 Å². The molecule has 3 atom stereocenters. The van der Waals surface area contributed by atoms with E-state index in [1.54, 1.807) is 0 Å². The van der Waals surface area contributed by atoms with Crippen molar-refractivity contribution in [1.29, 1.82) is 0 Å². The smallest absolute Gasteiger partial charge is 0.230 e. The summed E-state index contributed by atoms with van der Waals surface area (Å²) in [6.45, 7) is 9.23. The van der Waals surface area contributed by atoms with Gasteiger partial charge < -0.3 is 4.74 Å². The van der Waals surface area contributed by atoms with Gasteiger partial charge >= 0.3 is 0 Å². The summed E-state index contributed by atoms with van der Waals surface area (Å²) in [5.41, 5.74) is -0.184. The van der Waals surface area contributed by atoms with Crippen LogP contribution in [-0.4, -0.2) is 24.5 Å². The second kappa shape index (κ2) is 5.84. The van der Waals surface area contributed by atoms with E-state index in [4.69, 9.17) is 4.74 Å². The van der Waals surface area contributed by atoms with E-state index in [0.717, 1.165) is 19.3 Å². The van der Waals surface area contributed by atoms with Crippen molar-refractivity contribution in [3.05, 3.63) is 0 Å². The Morgan fingerprint density at radius 2 is 2.00 bits per heavy atom. The fourth-order valence-electron chi connectivity index (χ4n) is 3.70. The van der Waals surface area contributed by atoms with Gasteiger partial charge in [-0.05, 0) is 36.5 Å². The molecule has 2 heterocycles. The molecule has 0 aromatic heterocycles. The number of amides is 2. The van der Waals surface area contributed by atoms with E-state index in [9.17, 15) is 9.59 Å². The number of hydrogen-bond acceptors (Lipinski definition) is 3. The zero-order valence-corrected chi connectivity index (χ0v) is 13.1. The highest BCUT2D eigenvalue weighted by atomic mass is 16.5. The van der Waals surface area contributed by atoms with Crippen LogP contribution in [0.25, 0.3) is 0 Å². The number of hydrogen-bond donors (Lipinski definition) is 1. The monoisotopic (exact) mass is 281 g/mol. The first-order valence-electron chi connectivity index (χ1n) is 7.79. The quantitative estimate of drug-likeness (QED) is 0.809. The Balaban J connectivity index is 2.26. The van der Waals surface area contributed by atoms with Crippen LogP contribution in [0.5, 0.6) is 0 Å². The van der Waals surface area contributed by atoms with Gasteiger partial charge in [0.15, 0.2) is 0 Å². The molecule has 114 valence electrons. The molecule has 4 heteroatoms. The minimum Gasteiger partial charge on any atom is -0.378 e. The van der Waals surface area contributed by atoms with Crippen molar-refractivity contribution in [1.82, 2.24) is 5.32 Å². The molecule has 2 fully saturated rings. The van der Waals surface area contributed by atoms with E-state index in [2.05, 4.69) is 33.0 Å². The molecule has 20 heavy (non-hydrogen) atoms. The first-order chi connectivity index (χ1) is 9.34. The van der Waals surface area contributed by atoms with Crippen LogP contribution in [0, 0.1) is 23.2 Å². The van der Waals surface area contributed by atoms with Gasteiger partial charge in [0.25, 0.3) is 0 Å². The van der Waals surface area contributed by atoms with Gasteiger partial charge in [0.1, 0.15) is 0 Å². The number of carbonyl (C=O) groups is 2. The highest BCUT2D eigenvalue weighted by molar-refractivity contribution is 5.99. The van der Waals surface area contributed by atoms with Crippen LogP contribution in [0.3, 0.4) is 0 Å². The summed E-state index contributed by atoms with van der Waals surface area (Å²) in [5, 5.41) is 2.53. The fourth-order valence-corrected chi connectivity index (χ4v) is 3.70. The summed E-state index contributed by atoms with van der Waals surface area (Å²) < 4.78 is 5.85. The lowest BCUT2D eigenvalue weighted by molar-refractivity contribution is -0.155. The van der Waals surface area contributed by atoms with Crippen molar-refractivity contribution in [2.45, 2.75) is 59.5 Å². The molecule has 0 aromatic rings. The number of rotatable bonds is 3. The van der Waals surface area contributed by atoms with Crippen LogP contribution in [0.15, 0.2) is 0 Å². The average molecular weight is 281 g/mol. The summed E-state index contributed by atoms with van der Waals surface area (Å²) >= 11 is 0. The van der Waals surface area contributed by atoms with Gasteiger partial charge in [0.05, 0.1) is 6.10 Å². The lowest BCUT2D eigenvalue weighted by Gasteiger charge is -2.48. The molecule has 0 aliphatic carbocycles. The van der Waals surface area contributed by atoms with Crippen LogP contribution in [0.2, 0.25) is 0 Å². The molecule has 2 rings (SSSR count). The number of nitrogens with one attached hydrogen (secondary N) is 1. The predicted octanol–water partition coefficient (Wildman–Crippen LogP) is 2.52. The maximum absolute atomic E-state index is 12.3. The SMILES string of the molecule is CC(C)CC1C(=O)NC(=O)CC12CCOC(C(C)C)C2. The van der Waals surface area contributed by atoms with Crippen LogP contribution in [-0.2, 0) is 14.3 Å². The molecule has 2 amide bonds. The summed E-state index contributed by atoms with van der Waals surface area (Å²) in [6, 6.07) is 0. The molecular weight excluding hydrogens is 254 g/mol. The van der Waals surface area contributed by atoms with E-state index >= 15 is 0 Å². The molecule has 4 nitrogen and oxygen atoms in total. The largest absolute Gasteiger partial charge is 0.378 e. The second-order valence-corrected chi connectivity index (χ2v) is 7.24. The minimum absolute atomic E-state index is 0.0506. The molecule has 2 aliphatic heterocycles. The number of imide groups is 1. The summed E-state index contributed by atoms with van der Waals surface area (Å²) in [6.07, 6.45) is 3.15. The molecule has 0 saturated carbocycles. The molecule has 1 N–H and O–H groups in total. The minimum atomic E-state index is -0.184. The van der Waals surface area contributed by atoms with Crippen molar-refractivity contribution < 1.29 is 14.3 Å². The first kappa shape index (κ1) is 15.5. The maximum atomic E-state index is 12.3.